The Labute approximate surface area is 142 Å². The minimum absolute atomic E-state index is 0.0689. The van der Waals surface area contributed by atoms with Crippen molar-refractivity contribution in [2.24, 2.45) is 7.05 Å². The highest BCUT2D eigenvalue weighted by Gasteiger charge is 2.28. The molecule has 0 atom stereocenters. The van der Waals surface area contributed by atoms with E-state index in [0.29, 0.717) is 41.7 Å². The van der Waals surface area contributed by atoms with E-state index in [2.05, 4.69) is 10.3 Å². The van der Waals surface area contributed by atoms with Gasteiger partial charge in [0.05, 0.1) is 21.7 Å². The number of benzene rings is 2. The van der Waals surface area contributed by atoms with Crippen LogP contribution < -0.4 is 4.90 Å². The first kappa shape index (κ1) is 15.3. The molecule has 2 heterocycles. The molecule has 0 bridgehead atoms. The molecular formula is C17H15N5O3. The third-order valence-electron chi connectivity index (χ3n) is 4.53. The van der Waals surface area contributed by atoms with Crippen molar-refractivity contribution in [3.8, 4) is 0 Å². The minimum Gasteiger partial charge on any atom is -0.308 e. The first-order chi connectivity index (χ1) is 12.1. The van der Waals surface area contributed by atoms with Crippen molar-refractivity contribution in [1.29, 1.82) is 0 Å². The van der Waals surface area contributed by atoms with Gasteiger partial charge in [-0.3, -0.25) is 14.9 Å². The van der Waals surface area contributed by atoms with Gasteiger partial charge in [-0.25, -0.2) is 4.68 Å². The zero-order valence-corrected chi connectivity index (χ0v) is 13.5. The molecule has 0 saturated carbocycles. The van der Waals surface area contributed by atoms with Crippen LogP contribution in [0.4, 0.5) is 11.4 Å². The van der Waals surface area contributed by atoms with Gasteiger partial charge >= 0.3 is 0 Å². The van der Waals surface area contributed by atoms with Crippen LogP contribution in [-0.4, -0.2) is 32.4 Å². The summed E-state index contributed by atoms with van der Waals surface area (Å²) in [6.45, 7) is 0.533. The maximum atomic E-state index is 13.0. The van der Waals surface area contributed by atoms with Gasteiger partial charge in [-0.05, 0) is 37.1 Å². The van der Waals surface area contributed by atoms with Crippen LogP contribution in [0.25, 0.3) is 11.0 Å². The van der Waals surface area contributed by atoms with Crippen molar-refractivity contribution < 1.29 is 9.72 Å². The molecule has 0 aliphatic carbocycles. The summed E-state index contributed by atoms with van der Waals surface area (Å²) in [5.74, 6) is -0.186. The zero-order chi connectivity index (χ0) is 17.6. The first-order valence-corrected chi connectivity index (χ1v) is 7.94. The first-order valence-electron chi connectivity index (χ1n) is 7.94. The lowest BCUT2D eigenvalue weighted by Crippen LogP contribution is -2.35. The molecule has 25 heavy (non-hydrogen) atoms. The lowest BCUT2D eigenvalue weighted by molar-refractivity contribution is -0.385. The van der Waals surface area contributed by atoms with Crippen molar-refractivity contribution in [3.63, 3.8) is 0 Å². The lowest BCUT2D eigenvalue weighted by atomic mass is 9.99. The van der Waals surface area contributed by atoms with E-state index < -0.39 is 4.92 Å². The smallest absolute Gasteiger partial charge is 0.274 e. The number of nitro groups is 1. The summed E-state index contributed by atoms with van der Waals surface area (Å²) < 4.78 is 1.64. The number of nitrogens with zero attached hydrogens (tertiary/aromatic N) is 5. The van der Waals surface area contributed by atoms with Crippen LogP contribution in [0, 0.1) is 10.1 Å². The molecule has 8 nitrogen and oxygen atoms in total. The van der Waals surface area contributed by atoms with Gasteiger partial charge in [0.15, 0.2) is 0 Å². The zero-order valence-electron chi connectivity index (χ0n) is 13.5. The summed E-state index contributed by atoms with van der Waals surface area (Å²) in [7, 11) is 1.79. The molecule has 3 aromatic rings. The molecule has 126 valence electrons. The number of hydrogen-bond acceptors (Lipinski definition) is 5. The topological polar surface area (TPSA) is 94.2 Å². The number of nitro benzene ring substituents is 1. The number of fused-ring (bicyclic) bond motifs is 2. The molecule has 0 radical (unpaired) electrons. The van der Waals surface area contributed by atoms with Crippen LogP contribution in [0.1, 0.15) is 22.3 Å². The molecule has 0 N–H and O–H groups in total. The van der Waals surface area contributed by atoms with Crippen molar-refractivity contribution in [1.82, 2.24) is 15.0 Å². The Morgan fingerprint density at radius 2 is 2.12 bits per heavy atom. The van der Waals surface area contributed by atoms with E-state index in [1.807, 2.05) is 0 Å². The van der Waals surface area contributed by atoms with Crippen LogP contribution in [0.3, 0.4) is 0 Å². The van der Waals surface area contributed by atoms with Crippen LogP contribution in [0.5, 0.6) is 0 Å². The van der Waals surface area contributed by atoms with E-state index >= 15 is 0 Å². The maximum absolute atomic E-state index is 13.0. The highest BCUT2D eigenvalue weighted by Crippen LogP contribution is 2.34. The predicted octanol–water partition coefficient (Wildman–Crippen LogP) is 2.47. The fraction of sp³-hybridized carbons (Fsp3) is 0.235. The second-order valence-corrected chi connectivity index (χ2v) is 6.01. The van der Waals surface area contributed by atoms with E-state index in [9.17, 15) is 14.9 Å². The number of carbonyl (C=O) groups is 1. The minimum atomic E-state index is -0.390. The summed E-state index contributed by atoms with van der Waals surface area (Å²) in [5.41, 5.74) is 3.28. The number of rotatable bonds is 2. The fourth-order valence-electron chi connectivity index (χ4n) is 3.32. The Bertz CT molecular complexity index is 1010. The number of aryl methyl sites for hydroxylation is 1. The number of anilines is 1. The molecule has 4 rings (SSSR count). The number of aromatic nitrogens is 3. The van der Waals surface area contributed by atoms with Gasteiger partial charge in [0.25, 0.3) is 11.6 Å². The molecule has 8 heteroatoms. The third-order valence-corrected chi connectivity index (χ3v) is 4.53. The standard InChI is InChI=1S/C17H15N5O3/c1-20-16-8-7-11(10-13(16)18-19-20)17(23)21-9-3-4-12-14(21)5-2-6-15(12)22(24)25/h2,5-8,10H,3-4,9H2,1H3. The Morgan fingerprint density at radius 3 is 2.92 bits per heavy atom. The second-order valence-electron chi connectivity index (χ2n) is 6.01. The molecule has 0 fully saturated rings. The van der Waals surface area contributed by atoms with Crippen molar-refractivity contribution in [3.05, 3.63) is 57.6 Å². The SMILES string of the molecule is Cn1nnc2cc(C(=O)N3CCCc4c3cccc4[N+](=O)[O-])ccc21. The van der Waals surface area contributed by atoms with Crippen molar-refractivity contribution >= 4 is 28.3 Å². The molecule has 0 spiro atoms. The highest BCUT2D eigenvalue weighted by atomic mass is 16.6. The van der Waals surface area contributed by atoms with Crippen LogP contribution in [0.15, 0.2) is 36.4 Å². The van der Waals surface area contributed by atoms with Gasteiger partial charge < -0.3 is 4.90 Å². The van der Waals surface area contributed by atoms with Crippen LogP contribution >= 0.6 is 0 Å². The fourth-order valence-corrected chi connectivity index (χ4v) is 3.32. The van der Waals surface area contributed by atoms with E-state index in [0.717, 1.165) is 5.52 Å². The lowest BCUT2D eigenvalue weighted by Gasteiger charge is -2.29. The van der Waals surface area contributed by atoms with E-state index in [-0.39, 0.29) is 11.6 Å². The number of amides is 1. The summed E-state index contributed by atoms with van der Waals surface area (Å²) in [4.78, 5) is 25.5. The summed E-state index contributed by atoms with van der Waals surface area (Å²) in [6.07, 6.45) is 1.29. The van der Waals surface area contributed by atoms with E-state index in [1.54, 1.807) is 47.0 Å². The van der Waals surface area contributed by atoms with Crippen LogP contribution in [0.2, 0.25) is 0 Å². The van der Waals surface area contributed by atoms with E-state index in [1.165, 1.54) is 6.07 Å². The molecule has 0 saturated heterocycles. The molecule has 0 unspecified atom stereocenters. The molecule has 2 aromatic carbocycles. The molecule has 1 aliphatic rings. The van der Waals surface area contributed by atoms with Gasteiger partial charge in [-0.2, -0.15) is 0 Å². The van der Waals surface area contributed by atoms with Gasteiger partial charge in [-0.15, -0.1) is 5.10 Å². The average Bonchev–Trinajstić information content (AvgIpc) is 3.00. The van der Waals surface area contributed by atoms with Crippen molar-refractivity contribution in [2.75, 3.05) is 11.4 Å². The highest BCUT2D eigenvalue weighted by molar-refractivity contribution is 6.08. The van der Waals surface area contributed by atoms with E-state index in [4.69, 9.17) is 0 Å². The summed E-state index contributed by atoms with van der Waals surface area (Å²) in [5, 5.41) is 19.2. The molecular weight excluding hydrogens is 322 g/mol. The summed E-state index contributed by atoms with van der Waals surface area (Å²) >= 11 is 0. The van der Waals surface area contributed by atoms with Gasteiger partial charge in [0.1, 0.15) is 5.52 Å². The Morgan fingerprint density at radius 1 is 1.28 bits per heavy atom. The monoisotopic (exact) mass is 337 g/mol. The average molecular weight is 337 g/mol. The van der Waals surface area contributed by atoms with Crippen molar-refractivity contribution in [2.45, 2.75) is 12.8 Å². The Hall–Kier alpha value is -3.29. The van der Waals surface area contributed by atoms with Crippen LogP contribution in [-0.2, 0) is 13.5 Å². The third kappa shape index (κ3) is 2.42. The second kappa shape index (κ2) is 5.66. The Balaban J connectivity index is 1.76. The summed E-state index contributed by atoms with van der Waals surface area (Å²) in [6, 6.07) is 10.1. The molecule has 1 amide bonds. The normalized spacial score (nSPS) is 13.7. The molecule has 1 aromatic heterocycles. The van der Waals surface area contributed by atoms with Gasteiger partial charge in [0.2, 0.25) is 0 Å². The van der Waals surface area contributed by atoms with Gasteiger partial charge in [-0.1, -0.05) is 11.3 Å². The maximum Gasteiger partial charge on any atom is 0.274 e. The number of hydrogen-bond donors (Lipinski definition) is 0. The quantitative estimate of drug-likeness (QED) is 0.529. The number of carbonyl (C=O) groups excluding carboxylic acids is 1. The largest absolute Gasteiger partial charge is 0.308 e. The van der Waals surface area contributed by atoms with Gasteiger partial charge in [0, 0.05) is 25.2 Å². The Kier molecular flexibility index (Phi) is 3.45. The molecule has 1 aliphatic heterocycles. The predicted molar refractivity (Wildman–Crippen MR) is 91.6 cm³/mol.